The minimum atomic E-state index is -0.575. The number of non-ortho nitro benzene ring substituents is 1. The van der Waals surface area contributed by atoms with E-state index in [0.717, 1.165) is 35.4 Å². The molecule has 1 atom stereocenters. The smallest absolute Gasteiger partial charge is 0.270 e. The normalized spacial score (nSPS) is 12.3. The summed E-state index contributed by atoms with van der Waals surface area (Å²) in [6.45, 7) is 10.3. The van der Waals surface area contributed by atoms with Crippen molar-refractivity contribution >= 4 is 28.2 Å². The molecule has 0 aliphatic heterocycles. The largest absolute Gasteiger partial charge is 0.371 e. The molecule has 0 amide bonds. The molecule has 1 N–H and O–H groups in total. The average molecular weight is 474 g/mol. The fourth-order valence-electron chi connectivity index (χ4n) is 4.25. The zero-order chi connectivity index (χ0) is 24.9. The third-order valence-electron chi connectivity index (χ3n) is 5.60. The molecular weight excluding hydrogens is 442 g/mol. The minimum absolute atomic E-state index is 0.0232. The van der Waals surface area contributed by atoms with Crippen LogP contribution in [0.25, 0.3) is 11.0 Å². The number of para-hydroxylation sites is 1. The van der Waals surface area contributed by atoms with Crippen molar-refractivity contribution in [2.45, 2.75) is 33.9 Å². The number of nitro benzene ring substituents is 1. The van der Waals surface area contributed by atoms with Crippen LogP contribution >= 0.6 is 0 Å². The van der Waals surface area contributed by atoms with Gasteiger partial charge in [-0.2, -0.15) is 0 Å². The Morgan fingerprint density at radius 2 is 1.71 bits per heavy atom. The minimum Gasteiger partial charge on any atom is -0.371 e. The average Bonchev–Trinajstić information content (AvgIpc) is 3.26. The van der Waals surface area contributed by atoms with Gasteiger partial charge in [0, 0.05) is 42.7 Å². The summed E-state index contributed by atoms with van der Waals surface area (Å²) in [5.74, 6) is 1.45. The number of nitrogens with zero attached hydrogens (tertiary/aromatic N) is 6. The van der Waals surface area contributed by atoms with Crippen LogP contribution in [0.1, 0.15) is 39.4 Å². The molecule has 0 bridgehead atoms. The van der Waals surface area contributed by atoms with Crippen LogP contribution in [0.15, 0.2) is 66.9 Å². The predicted octanol–water partition coefficient (Wildman–Crippen LogP) is 5.51. The van der Waals surface area contributed by atoms with Gasteiger partial charge in [0.15, 0.2) is 6.17 Å². The second-order valence-electron chi connectivity index (χ2n) is 9.48. The van der Waals surface area contributed by atoms with Crippen LogP contribution < -0.4 is 10.2 Å². The summed E-state index contributed by atoms with van der Waals surface area (Å²) in [5, 5.41) is 24.0. The van der Waals surface area contributed by atoms with Gasteiger partial charge in [-0.05, 0) is 42.2 Å². The molecule has 0 aliphatic rings. The Kier molecular flexibility index (Phi) is 7.24. The number of benzene rings is 2. The van der Waals surface area contributed by atoms with Crippen molar-refractivity contribution < 1.29 is 4.92 Å². The van der Waals surface area contributed by atoms with Crippen molar-refractivity contribution in [1.82, 2.24) is 20.0 Å². The number of nitro groups is 1. The highest BCUT2D eigenvalue weighted by Gasteiger charge is 2.27. The third-order valence-corrected chi connectivity index (χ3v) is 5.60. The van der Waals surface area contributed by atoms with Crippen molar-refractivity contribution in [1.29, 1.82) is 0 Å². The van der Waals surface area contributed by atoms with Crippen LogP contribution in [-0.2, 0) is 0 Å². The molecule has 9 nitrogen and oxygen atoms in total. The van der Waals surface area contributed by atoms with E-state index in [1.807, 2.05) is 48.5 Å². The molecule has 182 valence electrons. The lowest BCUT2D eigenvalue weighted by Crippen LogP contribution is -2.33. The molecule has 35 heavy (non-hydrogen) atoms. The number of hydrogen-bond acceptors (Lipinski definition) is 7. The van der Waals surface area contributed by atoms with Gasteiger partial charge in [0.2, 0.25) is 0 Å². The van der Waals surface area contributed by atoms with Crippen molar-refractivity contribution in [2.75, 3.05) is 23.3 Å². The highest BCUT2D eigenvalue weighted by molar-refractivity contribution is 5.75. The van der Waals surface area contributed by atoms with Gasteiger partial charge < -0.3 is 10.2 Å². The number of fused-ring (bicyclic) bond motifs is 1. The van der Waals surface area contributed by atoms with Gasteiger partial charge in [-0.15, -0.1) is 5.10 Å². The van der Waals surface area contributed by atoms with Crippen molar-refractivity contribution in [3.63, 3.8) is 0 Å². The first-order valence-electron chi connectivity index (χ1n) is 11.8. The molecule has 2 aromatic carbocycles. The zero-order valence-corrected chi connectivity index (χ0v) is 20.5. The van der Waals surface area contributed by atoms with Gasteiger partial charge >= 0.3 is 0 Å². The summed E-state index contributed by atoms with van der Waals surface area (Å²) in [7, 11) is 0. The van der Waals surface area contributed by atoms with Gasteiger partial charge in [0.05, 0.1) is 10.4 Å². The summed E-state index contributed by atoms with van der Waals surface area (Å²) in [4.78, 5) is 18.2. The van der Waals surface area contributed by atoms with E-state index in [1.54, 1.807) is 23.0 Å². The van der Waals surface area contributed by atoms with Crippen LogP contribution in [0.4, 0.5) is 17.2 Å². The first-order chi connectivity index (χ1) is 16.8. The molecule has 4 aromatic rings. The maximum Gasteiger partial charge on any atom is 0.270 e. The number of nitrogens with one attached hydrogen (secondary N) is 1. The molecule has 0 spiro atoms. The molecule has 9 heteroatoms. The van der Waals surface area contributed by atoms with Gasteiger partial charge in [-0.3, -0.25) is 10.1 Å². The Balaban J connectivity index is 1.94. The van der Waals surface area contributed by atoms with Gasteiger partial charge in [-0.25, -0.2) is 9.67 Å². The Morgan fingerprint density at radius 3 is 2.37 bits per heavy atom. The lowest BCUT2D eigenvalue weighted by atomic mass is 10.0. The van der Waals surface area contributed by atoms with E-state index in [2.05, 4.69) is 53.2 Å². The molecule has 2 heterocycles. The van der Waals surface area contributed by atoms with Gasteiger partial charge in [-0.1, -0.05) is 51.1 Å². The summed E-state index contributed by atoms with van der Waals surface area (Å²) in [5.41, 5.74) is 3.24. The van der Waals surface area contributed by atoms with Crippen LogP contribution in [0.3, 0.4) is 0 Å². The van der Waals surface area contributed by atoms with Crippen LogP contribution in [-0.4, -0.2) is 38.0 Å². The maximum absolute atomic E-state index is 11.8. The van der Waals surface area contributed by atoms with E-state index in [1.165, 1.54) is 0 Å². The SMILES string of the molecule is CC(C)CN(CC(C)C)c1ccc([N+](=O)[O-])cc1C(Nc1ccccn1)n1nnc2ccccc21. The lowest BCUT2D eigenvalue weighted by molar-refractivity contribution is -0.384. The van der Waals surface area contributed by atoms with Crippen molar-refractivity contribution in [3.8, 4) is 0 Å². The fraction of sp³-hybridized carbons (Fsp3) is 0.346. The monoisotopic (exact) mass is 473 g/mol. The van der Waals surface area contributed by atoms with Crippen molar-refractivity contribution in [3.05, 3.63) is 82.5 Å². The molecule has 0 aliphatic carbocycles. The second kappa shape index (κ2) is 10.5. The lowest BCUT2D eigenvalue weighted by Gasteiger charge is -2.32. The zero-order valence-electron chi connectivity index (χ0n) is 20.5. The first kappa shape index (κ1) is 24.1. The first-order valence-corrected chi connectivity index (χ1v) is 11.8. The van der Waals surface area contributed by atoms with E-state index < -0.39 is 6.17 Å². The molecule has 0 radical (unpaired) electrons. The number of anilines is 2. The van der Waals surface area contributed by atoms with Crippen LogP contribution in [0.2, 0.25) is 0 Å². The van der Waals surface area contributed by atoms with E-state index in [-0.39, 0.29) is 10.6 Å². The number of pyridine rings is 1. The third kappa shape index (κ3) is 5.56. The summed E-state index contributed by atoms with van der Waals surface area (Å²) in [6.07, 6.45) is 1.13. The fourth-order valence-corrected chi connectivity index (χ4v) is 4.25. The molecule has 2 aromatic heterocycles. The standard InChI is InChI=1S/C26H31N7O2/c1-18(2)16-31(17-19(3)4)23-13-12-20(33(34)35)15-21(23)26(28-25-11-7-8-14-27-25)32-24-10-6-5-9-22(24)29-30-32/h5-15,18-19,26H,16-17H2,1-4H3,(H,27,28). The van der Waals surface area contributed by atoms with Crippen LogP contribution in [0, 0.1) is 22.0 Å². The quantitative estimate of drug-likeness (QED) is 0.239. The van der Waals surface area contributed by atoms with E-state index in [9.17, 15) is 10.1 Å². The molecule has 0 saturated heterocycles. The maximum atomic E-state index is 11.8. The Labute approximate surface area is 204 Å². The molecular formula is C26H31N7O2. The molecule has 0 saturated carbocycles. The van der Waals surface area contributed by atoms with Crippen LogP contribution in [0.5, 0.6) is 0 Å². The predicted molar refractivity (Wildman–Crippen MR) is 139 cm³/mol. The second-order valence-corrected chi connectivity index (χ2v) is 9.48. The highest BCUT2D eigenvalue weighted by atomic mass is 16.6. The van der Waals surface area contributed by atoms with E-state index in [0.29, 0.717) is 17.7 Å². The van der Waals surface area contributed by atoms with Gasteiger partial charge in [0.25, 0.3) is 5.69 Å². The summed E-state index contributed by atoms with van der Waals surface area (Å²) >= 11 is 0. The Morgan fingerprint density at radius 1 is 1.00 bits per heavy atom. The molecule has 1 unspecified atom stereocenters. The molecule has 4 rings (SSSR count). The number of aromatic nitrogens is 4. The topological polar surface area (TPSA) is 102 Å². The Hall–Kier alpha value is -4.01. The summed E-state index contributed by atoms with van der Waals surface area (Å²) < 4.78 is 1.77. The summed E-state index contributed by atoms with van der Waals surface area (Å²) in [6, 6.07) is 18.3. The highest BCUT2D eigenvalue weighted by Crippen LogP contribution is 2.35. The van der Waals surface area contributed by atoms with Gasteiger partial charge in [0.1, 0.15) is 11.3 Å². The molecule has 0 fully saturated rings. The number of rotatable bonds is 10. The Bertz CT molecular complexity index is 1280. The van der Waals surface area contributed by atoms with E-state index >= 15 is 0 Å². The van der Waals surface area contributed by atoms with Crippen molar-refractivity contribution in [2.24, 2.45) is 11.8 Å². The number of hydrogen-bond donors (Lipinski definition) is 1. The van der Waals surface area contributed by atoms with E-state index in [4.69, 9.17) is 0 Å².